The molecule has 2 heterocycles. The summed E-state index contributed by atoms with van der Waals surface area (Å²) >= 11 is 1.10. The molecule has 1 amide bonds. The lowest BCUT2D eigenvalue weighted by molar-refractivity contribution is -0.385. The van der Waals surface area contributed by atoms with Crippen molar-refractivity contribution in [2.45, 2.75) is 6.92 Å². The molecule has 0 radical (unpaired) electrons. The van der Waals surface area contributed by atoms with Crippen molar-refractivity contribution in [3.63, 3.8) is 0 Å². The highest BCUT2D eigenvalue weighted by Gasteiger charge is 2.19. The van der Waals surface area contributed by atoms with Crippen molar-refractivity contribution >= 4 is 28.6 Å². The lowest BCUT2D eigenvalue weighted by Crippen LogP contribution is -2.10. The highest BCUT2D eigenvalue weighted by molar-refractivity contribution is 7.14. The molecule has 0 fully saturated rings. The predicted molar refractivity (Wildman–Crippen MR) is 87.7 cm³/mol. The van der Waals surface area contributed by atoms with Crippen LogP contribution >= 0.6 is 11.3 Å². The lowest BCUT2D eigenvalue weighted by Gasteiger charge is -2.05. The second kappa shape index (κ2) is 6.01. The Morgan fingerprint density at radius 3 is 2.83 bits per heavy atom. The van der Waals surface area contributed by atoms with Crippen molar-refractivity contribution in [3.05, 3.63) is 62.5 Å². The molecule has 0 aliphatic rings. The Morgan fingerprint density at radius 2 is 2.17 bits per heavy atom. The van der Waals surface area contributed by atoms with Gasteiger partial charge >= 0.3 is 0 Å². The molecular weight excluding hydrogens is 316 g/mol. The molecule has 0 saturated carbocycles. The molecule has 0 unspecified atom stereocenters. The molecule has 0 atom stereocenters. The molecule has 7 nitrogen and oxygen atoms in total. The number of carbonyl (C=O) groups excluding carboxylic acids is 1. The van der Waals surface area contributed by atoms with E-state index in [1.54, 1.807) is 25.3 Å². The Balaban J connectivity index is 1.82. The van der Waals surface area contributed by atoms with E-state index in [2.05, 4.69) is 15.5 Å². The number of carbonyl (C=O) groups is 1. The maximum atomic E-state index is 12.3. The Hall–Kier alpha value is -3.00. The van der Waals surface area contributed by atoms with Crippen LogP contribution < -0.4 is 5.32 Å². The summed E-state index contributed by atoms with van der Waals surface area (Å²) in [5.74, 6) is -0.368. The Kier molecular flexibility index (Phi) is 3.90. The number of anilines is 1. The van der Waals surface area contributed by atoms with E-state index < -0.39 is 4.92 Å². The Labute approximate surface area is 135 Å². The topological polar surface area (TPSA) is 101 Å². The van der Waals surface area contributed by atoms with E-state index in [0.717, 1.165) is 22.6 Å². The summed E-state index contributed by atoms with van der Waals surface area (Å²) in [5.41, 5.74) is 2.29. The zero-order valence-electron chi connectivity index (χ0n) is 12.1. The van der Waals surface area contributed by atoms with Gasteiger partial charge in [-0.05, 0) is 25.1 Å². The van der Waals surface area contributed by atoms with Gasteiger partial charge in [0.1, 0.15) is 0 Å². The summed E-state index contributed by atoms with van der Waals surface area (Å²) in [4.78, 5) is 23.4. The van der Waals surface area contributed by atoms with Crippen LogP contribution in [0.4, 0.5) is 11.4 Å². The van der Waals surface area contributed by atoms with E-state index >= 15 is 0 Å². The summed E-state index contributed by atoms with van der Waals surface area (Å²) < 4.78 is 0. The first-order chi connectivity index (χ1) is 11.0. The number of nitrogens with zero attached hydrogens (tertiary/aromatic N) is 2. The molecule has 2 aromatic heterocycles. The van der Waals surface area contributed by atoms with Gasteiger partial charge in [-0.1, -0.05) is 12.1 Å². The first-order valence-corrected chi connectivity index (χ1v) is 7.52. The van der Waals surface area contributed by atoms with E-state index in [1.165, 1.54) is 6.07 Å². The SMILES string of the molecule is Cc1sc(C(=O)Nc2cccc(-c3ccn[nH]3)c2)cc1[N+](=O)[O-]. The molecule has 0 spiro atoms. The van der Waals surface area contributed by atoms with Gasteiger partial charge in [0.25, 0.3) is 11.6 Å². The summed E-state index contributed by atoms with van der Waals surface area (Å²) in [6, 6.07) is 10.4. The summed E-state index contributed by atoms with van der Waals surface area (Å²) in [6.45, 7) is 1.62. The summed E-state index contributed by atoms with van der Waals surface area (Å²) in [7, 11) is 0. The molecule has 0 saturated heterocycles. The van der Waals surface area contributed by atoms with Gasteiger partial charge in [-0.15, -0.1) is 11.3 Å². The Bertz CT molecular complexity index is 871. The van der Waals surface area contributed by atoms with Crippen LogP contribution in [0, 0.1) is 17.0 Å². The molecule has 0 bridgehead atoms. The minimum Gasteiger partial charge on any atom is -0.321 e. The van der Waals surface area contributed by atoms with Crippen molar-refractivity contribution in [2.75, 3.05) is 5.32 Å². The number of H-pyrrole nitrogens is 1. The van der Waals surface area contributed by atoms with Crippen LogP contribution in [0.1, 0.15) is 14.5 Å². The van der Waals surface area contributed by atoms with Crippen molar-refractivity contribution in [3.8, 4) is 11.3 Å². The van der Waals surface area contributed by atoms with Crippen LogP contribution in [-0.4, -0.2) is 21.0 Å². The molecule has 2 N–H and O–H groups in total. The normalized spacial score (nSPS) is 10.5. The fraction of sp³-hybridized carbons (Fsp3) is 0.0667. The molecule has 8 heteroatoms. The monoisotopic (exact) mass is 328 g/mol. The van der Waals surface area contributed by atoms with Gasteiger partial charge in [-0.2, -0.15) is 5.10 Å². The van der Waals surface area contributed by atoms with Gasteiger partial charge in [0.05, 0.1) is 20.4 Å². The van der Waals surface area contributed by atoms with Crippen LogP contribution in [0.5, 0.6) is 0 Å². The molecule has 116 valence electrons. The molecule has 3 aromatic rings. The minimum absolute atomic E-state index is 0.0358. The third-order valence-corrected chi connectivity index (χ3v) is 4.28. The van der Waals surface area contributed by atoms with Crippen molar-refractivity contribution in [1.82, 2.24) is 10.2 Å². The van der Waals surface area contributed by atoms with Crippen LogP contribution in [0.3, 0.4) is 0 Å². The number of hydrogen-bond donors (Lipinski definition) is 2. The minimum atomic E-state index is -0.485. The fourth-order valence-electron chi connectivity index (χ4n) is 2.14. The molecule has 1 aromatic carbocycles. The molecule has 3 rings (SSSR count). The van der Waals surface area contributed by atoms with Crippen LogP contribution in [0.15, 0.2) is 42.6 Å². The van der Waals surface area contributed by atoms with E-state index in [9.17, 15) is 14.9 Å². The second-order valence-electron chi connectivity index (χ2n) is 4.81. The summed E-state index contributed by atoms with van der Waals surface area (Å²) in [5, 5.41) is 20.4. The van der Waals surface area contributed by atoms with Crippen molar-refractivity contribution in [1.29, 1.82) is 0 Å². The quantitative estimate of drug-likeness (QED) is 0.564. The number of benzene rings is 1. The van der Waals surface area contributed by atoms with E-state index in [1.807, 2.05) is 18.2 Å². The van der Waals surface area contributed by atoms with Gasteiger partial charge in [-0.25, -0.2) is 0 Å². The van der Waals surface area contributed by atoms with Crippen molar-refractivity contribution < 1.29 is 9.72 Å². The number of aromatic amines is 1. The van der Waals surface area contributed by atoms with Gasteiger partial charge < -0.3 is 5.32 Å². The predicted octanol–water partition coefficient (Wildman–Crippen LogP) is 3.61. The van der Waals surface area contributed by atoms with Crippen LogP contribution in [0.2, 0.25) is 0 Å². The number of nitro groups is 1. The highest BCUT2D eigenvalue weighted by atomic mass is 32.1. The standard InChI is InChI=1S/C15H12N4O3S/c1-9-13(19(21)22)8-14(23-9)15(20)17-11-4-2-3-10(7-11)12-5-6-16-18-12/h2-8H,1H3,(H,16,18)(H,17,20). The lowest BCUT2D eigenvalue weighted by atomic mass is 10.1. The number of hydrogen-bond acceptors (Lipinski definition) is 5. The average molecular weight is 328 g/mol. The van der Waals surface area contributed by atoms with E-state index in [-0.39, 0.29) is 11.6 Å². The molecular formula is C15H12N4O3S. The van der Waals surface area contributed by atoms with Crippen molar-refractivity contribution in [2.24, 2.45) is 0 Å². The smallest absolute Gasteiger partial charge is 0.283 e. The number of thiophene rings is 1. The maximum Gasteiger partial charge on any atom is 0.283 e. The van der Waals surface area contributed by atoms with E-state index in [4.69, 9.17) is 0 Å². The third-order valence-electron chi connectivity index (χ3n) is 3.24. The average Bonchev–Trinajstić information content (AvgIpc) is 3.16. The van der Waals surface area contributed by atoms with Crippen LogP contribution in [0.25, 0.3) is 11.3 Å². The first kappa shape index (κ1) is 14.9. The summed E-state index contributed by atoms with van der Waals surface area (Å²) in [6.07, 6.45) is 1.65. The zero-order chi connectivity index (χ0) is 16.4. The largest absolute Gasteiger partial charge is 0.321 e. The Morgan fingerprint density at radius 1 is 1.35 bits per heavy atom. The molecule has 23 heavy (non-hydrogen) atoms. The number of aromatic nitrogens is 2. The second-order valence-corrected chi connectivity index (χ2v) is 6.07. The first-order valence-electron chi connectivity index (χ1n) is 6.70. The zero-order valence-corrected chi connectivity index (χ0v) is 12.9. The molecule has 0 aliphatic carbocycles. The van der Waals surface area contributed by atoms with Gasteiger partial charge in [0, 0.05) is 23.5 Å². The van der Waals surface area contributed by atoms with Gasteiger partial charge in [-0.3, -0.25) is 20.0 Å². The van der Waals surface area contributed by atoms with Gasteiger partial charge in [0.15, 0.2) is 0 Å². The van der Waals surface area contributed by atoms with E-state index in [0.29, 0.717) is 15.4 Å². The van der Waals surface area contributed by atoms with Crippen LogP contribution in [-0.2, 0) is 0 Å². The number of rotatable bonds is 4. The third kappa shape index (κ3) is 3.11. The number of aryl methyl sites for hydroxylation is 1. The highest BCUT2D eigenvalue weighted by Crippen LogP contribution is 2.29. The fourth-order valence-corrected chi connectivity index (χ4v) is 3.02. The molecule has 0 aliphatic heterocycles. The number of amides is 1. The van der Waals surface area contributed by atoms with Gasteiger partial charge in [0.2, 0.25) is 0 Å². The maximum absolute atomic E-state index is 12.3. The number of nitrogens with one attached hydrogen (secondary N) is 2.